The molecule has 76 valence electrons. The third-order valence-corrected chi connectivity index (χ3v) is 3.97. The highest BCUT2D eigenvalue weighted by atomic mass is 14.7. The molecule has 0 saturated heterocycles. The number of hydrogen-bond donors (Lipinski definition) is 1. The van der Waals surface area contributed by atoms with E-state index in [0.717, 1.165) is 19.3 Å². The van der Waals surface area contributed by atoms with E-state index in [-0.39, 0.29) is 5.41 Å². The van der Waals surface area contributed by atoms with E-state index in [1.54, 1.807) is 0 Å². The van der Waals surface area contributed by atoms with E-state index in [4.69, 9.17) is 5.73 Å². The standard InChI is InChI=1S/C13H19N/c1-3-13(4-2)11-8-6-5-7-10(11)9-12(13)14/h5-8,12H,3-4,9,14H2,1-2H3. The highest BCUT2D eigenvalue weighted by Gasteiger charge is 2.41. The maximum Gasteiger partial charge on any atom is 0.0177 e. The molecule has 0 aromatic heterocycles. The summed E-state index contributed by atoms with van der Waals surface area (Å²) < 4.78 is 0. The maximum absolute atomic E-state index is 6.29. The molecule has 1 aliphatic rings. The molecule has 1 aromatic carbocycles. The Morgan fingerprint density at radius 3 is 2.57 bits per heavy atom. The fourth-order valence-corrected chi connectivity index (χ4v) is 2.97. The molecule has 0 fully saturated rings. The van der Waals surface area contributed by atoms with Crippen molar-refractivity contribution in [3.05, 3.63) is 35.4 Å². The summed E-state index contributed by atoms with van der Waals surface area (Å²) in [6, 6.07) is 9.05. The smallest absolute Gasteiger partial charge is 0.0177 e. The molecule has 0 amide bonds. The van der Waals surface area contributed by atoms with Crippen LogP contribution in [0.15, 0.2) is 24.3 Å². The Hall–Kier alpha value is -0.820. The van der Waals surface area contributed by atoms with Gasteiger partial charge >= 0.3 is 0 Å². The molecule has 0 spiro atoms. The topological polar surface area (TPSA) is 26.0 Å². The van der Waals surface area contributed by atoms with Crippen LogP contribution < -0.4 is 5.73 Å². The lowest BCUT2D eigenvalue weighted by atomic mass is 9.74. The molecule has 1 nitrogen and oxygen atoms in total. The molecular weight excluding hydrogens is 170 g/mol. The third kappa shape index (κ3) is 1.12. The third-order valence-electron chi connectivity index (χ3n) is 3.97. The first kappa shape index (κ1) is 9.72. The quantitative estimate of drug-likeness (QED) is 0.760. The predicted octanol–water partition coefficient (Wildman–Crippen LogP) is 2.63. The van der Waals surface area contributed by atoms with Gasteiger partial charge in [-0.3, -0.25) is 0 Å². The summed E-state index contributed by atoms with van der Waals surface area (Å²) in [7, 11) is 0. The van der Waals surface area contributed by atoms with Crippen LogP contribution in [0.5, 0.6) is 0 Å². The van der Waals surface area contributed by atoms with Crippen molar-refractivity contribution >= 4 is 0 Å². The van der Waals surface area contributed by atoms with Crippen molar-refractivity contribution in [2.45, 2.75) is 44.6 Å². The van der Waals surface area contributed by atoms with Crippen LogP contribution in [0.4, 0.5) is 0 Å². The maximum atomic E-state index is 6.29. The predicted molar refractivity (Wildman–Crippen MR) is 60.4 cm³/mol. The lowest BCUT2D eigenvalue weighted by molar-refractivity contribution is 0.343. The number of fused-ring (bicyclic) bond motifs is 1. The van der Waals surface area contributed by atoms with Gasteiger partial charge in [0.05, 0.1) is 0 Å². The summed E-state index contributed by atoms with van der Waals surface area (Å²) in [4.78, 5) is 0. The molecule has 0 bridgehead atoms. The number of hydrogen-bond acceptors (Lipinski definition) is 1. The fourth-order valence-electron chi connectivity index (χ4n) is 2.97. The van der Waals surface area contributed by atoms with Crippen LogP contribution >= 0.6 is 0 Å². The Balaban J connectivity index is 2.53. The summed E-state index contributed by atoms with van der Waals surface area (Å²) in [5.41, 5.74) is 9.49. The summed E-state index contributed by atoms with van der Waals surface area (Å²) in [5.74, 6) is 0. The number of nitrogens with two attached hydrogens (primary N) is 1. The molecule has 1 aromatic rings. The first-order valence-electron chi connectivity index (χ1n) is 5.58. The van der Waals surface area contributed by atoms with Crippen LogP contribution in [-0.4, -0.2) is 6.04 Å². The normalized spacial score (nSPS) is 23.5. The van der Waals surface area contributed by atoms with Crippen molar-refractivity contribution in [2.24, 2.45) is 5.73 Å². The van der Waals surface area contributed by atoms with E-state index < -0.39 is 0 Å². The van der Waals surface area contributed by atoms with Gasteiger partial charge in [-0.05, 0) is 30.4 Å². The summed E-state index contributed by atoms with van der Waals surface area (Å²) in [6.45, 7) is 4.51. The molecule has 1 heteroatoms. The number of rotatable bonds is 2. The monoisotopic (exact) mass is 189 g/mol. The Bertz CT molecular complexity index is 326. The summed E-state index contributed by atoms with van der Waals surface area (Å²) >= 11 is 0. The molecule has 2 rings (SSSR count). The zero-order chi connectivity index (χ0) is 10.2. The molecule has 14 heavy (non-hydrogen) atoms. The highest BCUT2D eigenvalue weighted by molar-refractivity contribution is 5.42. The molecule has 0 heterocycles. The van der Waals surface area contributed by atoms with E-state index in [1.807, 2.05) is 0 Å². The average molecular weight is 189 g/mol. The Morgan fingerprint density at radius 1 is 1.29 bits per heavy atom. The van der Waals surface area contributed by atoms with E-state index in [9.17, 15) is 0 Å². The molecule has 0 saturated carbocycles. The second-order valence-electron chi connectivity index (χ2n) is 4.33. The van der Waals surface area contributed by atoms with Crippen LogP contribution in [0.25, 0.3) is 0 Å². The average Bonchev–Trinajstić information content (AvgIpc) is 2.50. The highest BCUT2D eigenvalue weighted by Crippen LogP contribution is 2.42. The Morgan fingerprint density at radius 2 is 1.93 bits per heavy atom. The molecule has 1 atom stereocenters. The fraction of sp³-hybridized carbons (Fsp3) is 0.538. The van der Waals surface area contributed by atoms with Gasteiger partial charge in [-0.1, -0.05) is 38.1 Å². The Kier molecular flexibility index (Phi) is 2.36. The van der Waals surface area contributed by atoms with Crippen LogP contribution in [0, 0.1) is 0 Å². The van der Waals surface area contributed by atoms with Crippen LogP contribution in [0.3, 0.4) is 0 Å². The van der Waals surface area contributed by atoms with Crippen molar-refractivity contribution in [1.29, 1.82) is 0 Å². The van der Waals surface area contributed by atoms with Gasteiger partial charge in [-0.15, -0.1) is 0 Å². The van der Waals surface area contributed by atoms with Gasteiger partial charge in [-0.2, -0.15) is 0 Å². The van der Waals surface area contributed by atoms with Gasteiger partial charge in [0.15, 0.2) is 0 Å². The van der Waals surface area contributed by atoms with E-state index in [1.165, 1.54) is 11.1 Å². The van der Waals surface area contributed by atoms with Crippen molar-refractivity contribution in [1.82, 2.24) is 0 Å². The summed E-state index contributed by atoms with van der Waals surface area (Å²) in [5, 5.41) is 0. The van der Waals surface area contributed by atoms with Gasteiger partial charge in [0.2, 0.25) is 0 Å². The van der Waals surface area contributed by atoms with Crippen molar-refractivity contribution < 1.29 is 0 Å². The van der Waals surface area contributed by atoms with Gasteiger partial charge in [0.1, 0.15) is 0 Å². The first-order valence-corrected chi connectivity index (χ1v) is 5.58. The first-order chi connectivity index (χ1) is 6.74. The second-order valence-corrected chi connectivity index (χ2v) is 4.33. The van der Waals surface area contributed by atoms with Crippen molar-refractivity contribution in [3.63, 3.8) is 0 Å². The van der Waals surface area contributed by atoms with Crippen molar-refractivity contribution in [3.8, 4) is 0 Å². The summed E-state index contributed by atoms with van der Waals surface area (Å²) in [6.07, 6.45) is 3.36. The molecular formula is C13H19N. The largest absolute Gasteiger partial charge is 0.327 e. The van der Waals surface area contributed by atoms with Crippen molar-refractivity contribution in [2.75, 3.05) is 0 Å². The SMILES string of the molecule is CCC1(CC)c2ccccc2CC1N. The minimum absolute atomic E-state index is 0.247. The van der Waals surface area contributed by atoms with Crippen LogP contribution in [0.2, 0.25) is 0 Å². The van der Waals surface area contributed by atoms with Crippen LogP contribution in [0.1, 0.15) is 37.8 Å². The van der Waals surface area contributed by atoms with Gasteiger partial charge in [-0.25, -0.2) is 0 Å². The van der Waals surface area contributed by atoms with Gasteiger partial charge in [0.25, 0.3) is 0 Å². The lowest BCUT2D eigenvalue weighted by Gasteiger charge is -2.32. The lowest BCUT2D eigenvalue weighted by Crippen LogP contribution is -2.41. The minimum atomic E-state index is 0.247. The van der Waals surface area contributed by atoms with Gasteiger partial charge in [0, 0.05) is 11.5 Å². The molecule has 1 aliphatic carbocycles. The molecule has 0 aliphatic heterocycles. The number of benzene rings is 1. The molecule has 0 radical (unpaired) electrons. The zero-order valence-electron chi connectivity index (χ0n) is 9.09. The zero-order valence-corrected chi connectivity index (χ0v) is 9.09. The second kappa shape index (κ2) is 3.39. The van der Waals surface area contributed by atoms with Crippen LogP contribution in [-0.2, 0) is 11.8 Å². The van der Waals surface area contributed by atoms with Gasteiger partial charge < -0.3 is 5.73 Å². The van der Waals surface area contributed by atoms with E-state index >= 15 is 0 Å². The minimum Gasteiger partial charge on any atom is -0.327 e. The molecule has 2 N–H and O–H groups in total. The van der Waals surface area contributed by atoms with E-state index in [0.29, 0.717) is 6.04 Å². The molecule has 1 unspecified atom stereocenters. The Labute approximate surface area is 86.3 Å². The van der Waals surface area contributed by atoms with E-state index in [2.05, 4.69) is 38.1 Å².